The molecule has 0 aliphatic carbocycles. The van der Waals surface area contributed by atoms with Crippen molar-refractivity contribution in [3.8, 4) is 11.3 Å². The molecule has 2 N–H and O–H groups in total. The fourth-order valence-corrected chi connectivity index (χ4v) is 1.90. The summed E-state index contributed by atoms with van der Waals surface area (Å²) < 4.78 is 6.63. The molecule has 2 amide bonds. The van der Waals surface area contributed by atoms with E-state index in [1.54, 1.807) is 13.0 Å². The van der Waals surface area contributed by atoms with Crippen LogP contribution >= 0.6 is 15.9 Å². The first-order valence-electron chi connectivity index (χ1n) is 6.71. The summed E-state index contributed by atoms with van der Waals surface area (Å²) in [4.78, 5) is 22.5. The molecule has 0 aliphatic rings. The van der Waals surface area contributed by atoms with E-state index in [2.05, 4.69) is 26.8 Å². The Labute approximate surface area is 136 Å². The van der Waals surface area contributed by atoms with Crippen LogP contribution in [0.3, 0.4) is 0 Å². The lowest BCUT2D eigenvalue weighted by atomic mass is 10.2. The number of hydrogen-bond acceptors (Lipinski definition) is 3. The summed E-state index contributed by atoms with van der Waals surface area (Å²) in [6, 6.07) is 11.3. The van der Waals surface area contributed by atoms with Gasteiger partial charge in [-0.15, -0.1) is 0 Å². The lowest BCUT2D eigenvalue weighted by molar-refractivity contribution is -0.126. The van der Waals surface area contributed by atoms with Crippen molar-refractivity contribution in [2.45, 2.75) is 13.3 Å². The van der Waals surface area contributed by atoms with Crippen LogP contribution in [0.15, 0.2) is 51.4 Å². The van der Waals surface area contributed by atoms with Crippen molar-refractivity contribution in [1.29, 1.82) is 0 Å². The van der Waals surface area contributed by atoms with E-state index in [-0.39, 0.29) is 5.91 Å². The highest BCUT2D eigenvalue weighted by atomic mass is 79.9. The van der Waals surface area contributed by atoms with Gasteiger partial charge in [0, 0.05) is 22.5 Å². The number of halogens is 1. The van der Waals surface area contributed by atoms with E-state index < -0.39 is 5.91 Å². The van der Waals surface area contributed by atoms with Crippen LogP contribution in [0.5, 0.6) is 0 Å². The second kappa shape index (κ2) is 7.61. The molecule has 1 aromatic carbocycles. The highest BCUT2D eigenvalue weighted by Gasteiger charge is 2.04. The smallest absolute Gasteiger partial charge is 0.262 e. The number of nitrogens with one attached hydrogen (secondary N) is 2. The molecule has 0 saturated carbocycles. The lowest BCUT2D eigenvalue weighted by Gasteiger charge is -2.01. The molecule has 5 nitrogen and oxygen atoms in total. The zero-order chi connectivity index (χ0) is 15.9. The maximum Gasteiger partial charge on any atom is 0.262 e. The summed E-state index contributed by atoms with van der Waals surface area (Å²) in [6.07, 6.45) is 3.13. The van der Waals surface area contributed by atoms with Gasteiger partial charge in [-0.1, -0.05) is 35.0 Å². The minimum Gasteiger partial charge on any atom is -0.457 e. The maximum absolute atomic E-state index is 11.5. The minimum absolute atomic E-state index is 0.253. The monoisotopic (exact) mass is 362 g/mol. The SMILES string of the molecule is CCC(=O)NNC(=O)/C=C/c1ccc(-c2ccc(Br)cc2)o1. The third-order valence-corrected chi connectivity index (χ3v) is 3.33. The lowest BCUT2D eigenvalue weighted by Crippen LogP contribution is -2.40. The van der Waals surface area contributed by atoms with Crippen LogP contribution in [0.1, 0.15) is 19.1 Å². The standard InChI is InChI=1S/C16H15BrN2O3/c1-2-15(20)18-19-16(21)10-8-13-7-9-14(22-13)11-3-5-12(17)6-4-11/h3-10H,2H2,1H3,(H,18,20)(H,19,21)/b10-8+. The summed E-state index contributed by atoms with van der Waals surface area (Å²) in [5, 5.41) is 0. The van der Waals surface area contributed by atoms with Gasteiger partial charge in [0.15, 0.2) is 0 Å². The van der Waals surface area contributed by atoms with Gasteiger partial charge >= 0.3 is 0 Å². The van der Waals surface area contributed by atoms with Crippen LogP contribution in [-0.4, -0.2) is 11.8 Å². The average molecular weight is 363 g/mol. The van der Waals surface area contributed by atoms with Crippen molar-refractivity contribution in [2.75, 3.05) is 0 Å². The summed E-state index contributed by atoms with van der Waals surface area (Å²) in [5.74, 6) is 0.586. The molecule has 6 heteroatoms. The van der Waals surface area contributed by atoms with Crippen molar-refractivity contribution in [1.82, 2.24) is 10.9 Å². The van der Waals surface area contributed by atoms with Gasteiger partial charge in [-0.3, -0.25) is 20.4 Å². The number of carbonyl (C=O) groups excluding carboxylic acids is 2. The first kappa shape index (κ1) is 16.0. The van der Waals surface area contributed by atoms with Crippen molar-refractivity contribution in [3.05, 3.63) is 52.7 Å². The molecule has 114 valence electrons. The van der Waals surface area contributed by atoms with E-state index in [4.69, 9.17) is 4.42 Å². The first-order valence-corrected chi connectivity index (χ1v) is 7.50. The number of carbonyl (C=O) groups is 2. The Kier molecular flexibility index (Phi) is 5.55. The molecule has 2 aromatic rings. The van der Waals surface area contributed by atoms with Crippen LogP contribution in [0.25, 0.3) is 17.4 Å². The maximum atomic E-state index is 11.5. The number of rotatable bonds is 4. The van der Waals surface area contributed by atoms with E-state index >= 15 is 0 Å². The second-order valence-electron chi connectivity index (χ2n) is 4.43. The largest absolute Gasteiger partial charge is 0.457 e. The van der Waals surface area contributed by atoms with Crippen molar-refractivity contribution in [3.63, 3.8) is 0 Å². The van der Waals surface area contributed by atoms with Crippen LogP contribution in [0, 0.1) is 0 Å². The topological polar surface area (TPSA) is 71.3 Å². The molecule has 1 aromatic heterocycles. The molecule has 0 fully saturated rings. The predicted octanol–water partition coefficient (Wildman–Crippen LogP) is 3.28. The van der Waals surface area contributed by atoms with Gasteiger partial charge in [0.1, 0.15) is 11.5 Å². The van der Waals surface area contributed by atoms with Crippen LogP contribution in [0.4, 0.5) is 0 Å². The zero-order valence-corrected chi connectivity index (χ0v) is 13.5. The number of amides is 2. The van der Waals surface area contributed by atoms with E-state index in [9.17, 15) is 9.59 Å². The van der Waals surface area contributed by atoms with Crippen molar-refractivity contribution >= 4 is 33.8 Å². The molecule has 1 heterocycles. The first-order chi connectivity index (χ1) is 10.6. The van der Waals surface area contributed by atoms with Gasteiger partial charge in [-0.2, -0.15) is 0 Å². The molecule has 0 spiro atoms. The number of benzene rings is 1. The quantitative estimate of drug-likeness (QED) is 0.647. The van der Waals surface area contributed by atoms with Gasteiger partial charge in [0.05, 0.1) is 0 Å². The van der Waals surface area contributed by atoms with Crippen LogP contribution in [-0.2, 0) is 9.59 Å². The highest BCUT2D eigenvalue weighted by molar-refractivity contribution is 9.10. The van der Waals surface area contributed by atoms with E-state index in [1.165, 1.54) is 12.2 Å². The van der Waals surface area contributed by atoms with Crippen LogP contribution in [0.2, 0.25) is 0 Å². The zero-order valence-electron chi connectivity index (χ0n) is 11.9. The highest BCUT2D eigenvalue weighted by Crippen LogP contribution is 2.24. The molecule has 0 saturated heterocycles. The summed E-state index contributed by atoms with van der Waals surface area (Å²) in [5.41, 5.74) is 5.50. The minimum atomic E-state index is -0.427. The Morgan fingerprint density at radius 2 is 1.86 bits per heavy atom. The third-order valence-electron chi connectivity index (χ3n) is 2.80. The van der Waals surface area contributed by atoms with E-state index in [0.29, 0.717) is 17.9 Å². The average Bonchev–Trinajstić information content (AvgIpc) is 3.00. The molecule has 0 aliphatic heterocycles. The van der Waals surface area contributed by atoms with E-state index in [1.807, 2.05) is 30.3 Å². The van der Waals surface area contributed by atoms with Crippen LogP contribution < -0.4 is 10.9 Å². The molecular weight excluding hydrogens is 348 g/mol. The molecule has 0 atom stereocenters. The van der Waals surface area contributed by atoms with Gasteiger partial charge in [-0.05, 0) is 30.3 Å². The van der Waals surface area contributed by atoms with Gasteiger partial charge < -0.3 is 4.42 Å². The fraction of sp³-hybridized carbons (Fsp3) is 0.125. The van der Waals surface area contributed by atoms with Crippen molar-refractivity contribution < 1.29 is 14.0 Å². The Morgan fingerprint density at radius 3 is 2.55 bits per heavy atom. The molecular formula is C16H15BrN2O3. The normalized spacial score (nSPS) is 10.6. The summed E-state index contributed by atoms with van der Waals surface area (Å²) in [7, 11) is 0. The van der Waals surface area contributed by atoms with Crippen molar-refractivity contribution in [2.24, 2.45) is 0 Å². The number of hydrazine groups is 1. The molecule has 22 heavy (non-hydrogen) atoms. The molecule has 0 bridgehead atoms. The number of furan rings is 1. The predicted molar refractivity (Wildman–Crippen MR) is 87.5 cm³/mol. The fourth-order valence-electron chi connectivity index (χ4n) is 1.63. The van der Waals surface area contributed by atoms with Gasteiger partial charge in [0.2, 0.25) is 5.91 Å². The van der Waals surface area contributed by atoms with Gasteiger partial charge in [0.25, 0.3) is 5.91 Å². The molecule has 0 radical (unpaired) electrons. The second-order valence-corrected chi connectivity index (χ2v) is 5.35. The van der Waals surface area contributed by atoms with E-state index in [0.717, 1.165) is 10.0 Å². The Bertz CT molecular complexity index is 690. The third kappa shape index (κ3) is 4.60. The summed E-state index contributed by atoms with van der Waals surface area (Å²) >= 11 is 3.38. The molecule has 2 rings (SSSR count). The Hall–Kier alpha value is -2.34. The Balaban J connectivity index is 1.97. The molecule has 0 unspecified atom stereocenters. The van der Waals surface area contributed by atoms with Gasteiger partial charge in [-0.25, -0.2) is 0 Å². The number of hydrogen-bond donors (Lipinski definition) is 2. The summed E-state index contributed by atoms with van der Waals surface area (Å²) in [6.45, 7) is 1.70. The Morgan fingerprint density at radius 1 is 1.14 bits per heavy atom.